The van der Waals surface area contributed by atoms with Gasteiger partial charge in [-0.15, -0.1) is 0 Å². The number of hydrogen-bond acceptors (Lipinski definition) is 4. The zero-order valence-corrected chi connectivity index (χ0v) is 10.9. The third kappa shape index (κ3) is 3.19. The van der Waals surface area contributed by atoms with Gasteiger partial charge in [-0.25, -0.2) is 0 Å². The molecule has 7 heteroatoms. The number of aryl methyl sites for hydroxylation is 1. The Hall–Kier alpha value is -1.10. The number of hydrogen-bond donors (Lipinski definition) is 0. The highest BCUT2D eigenvalue weighted by molar-refractivity contribution is 6.31. The molecule has 0 saturated heterocycles. The number of ether oxygens (including phenoxy) is 1. The van der Waals surface area contributed by atoms with E-state index in [1.165, 1.54) is 0 Å². The Labute approximate surface area is 113 Å². The Morgan fingerprint density at radius 2 is 1.65 bits per heavy atom. The van der Waals surface area contributed by atoms with Crippen molar-refractivity contribution < 1.29 is 4.74 Å². The first-order chi connectivity index (χ1) is 8.04. The van der Waals surface area contributed by atoms with Crippen molar-refractivity contribution in [2.45, 2.75) is 6.92 Å². The largest absolute Gasteiger partial charge is 0.424 e. The molecule has 0 bridgehead atoms. The van der Waals surface area contributed by atoms with Crippen LogP contribution in [0.1, 0.15) is 5.56 Å². The van der Waals surface area contributed by atoms with E-state index in [2.05, 4.69) is 15.0 Å². The molecule has 0 amide bonds. The molecule has 1 heterocycles. The molecule has 0 aliphatic carbocycles. The van der Waals surface area contributed by atoms with Gasteiger partial charge in [0.05, 0.1) is 0 Å². The summed E-state index contributed by atoms with van der Waals surface area (Å²) in [4.78, 5) is 11.2. The maximum atomic E-state index is 5.83. The molecule has 0 aliphatic rings. The van der Waals surface area contributed by atoms with Crippen LogP contribution in [0.5, 0.6) is 11.8 Å². The molecular formula is C10H6Cl3N3O. The zero-order chi connectivity index (χ0) is 12.4. The normalized spacial score (nSPS) is 10.4. The fourth-order valence-electron chi connectivity index (χ4n) is 1.18. The predicted molar refractivity (Wildman–Crippen MR) is 66.1 cm³/mol. The SMILES string of the molecule is Cc1cc(Cl)ccc1Oc1nc(Cl)nc(Cl)n1. The van der Waals surface area contributed by atoms with Gasteiger partial charge in [-0.1, -0.05) is 11.6 Å². The molecule has 0 saturated carbocycles. The summed E-state index contributed by atoms with van der Waals surface area (Å²) in [5.74, 6) is 0.577. The van der Waals surface area contributed by atoms with E-state index >= 15 is 0 Å². The quantitative estimate of drug-likeness (QED) is 0.840. The first kappa shape index (κ1) is 12.4. The topological polar surface area (TPSA) is 47.9 Å². The van der Waals surface area contributed by atoms with Crippen molar-refractivity contribution in [3.63, 3.8) is 0 Å². The molecule has 0 spiro atoms. The molecule has 0 aliphatic heterocycles. The van der Waals surface area contributed by atoms with E-state index in [1.54, 1.807) is 18.2 Å². The number of halogens is 3. The molecular weight excluding hydrogens is 284 g/mol. The molecule has 1 aromatic carbocycles. The molecule has 1 aromatic heterocycles. The van der Waals surface area contributed by atoms with Gasteiger partial charge in [-0.05, 0) is 53.9 Å². The second-order valence-corrected chi connectivity index (χ2v) is 4.28. The van der Waals surface area contributed by atoms with E-state index in [-0.39, 0.29) is 16.6 Å². The van der Waals surface area contributed by atoms with Crippen molar-refractivity contribution in [1.82, 2.24) is 15.0 Å². The molecule has 88 valence electrons. The van der Waals surface area contributed by atoms with Crippen LogP contribution in [0.25, 0.3) is 0 Å². The molecule has 4 nitrogen and oxygen atoms in total. The van der Waals surface area contributed by atoms with Gasteiger partial charge in [0.1, 0.15) is 5.75 Å². The summed E-state index contributed by atoms with van der Waals surface area (Å²) < 4.78 is 5.44. The summed E-state index contributed by atoms with van der Waals surface area (Å²) >= 11 is 17.1. The molecule has 0 radical (unpaired) electrons. The summed E-state index contributed by atoms with van der Waals surface area (Å²) in [5, 5.41) is 0.583. The van der Waals surface area contributed by atoms with Gasteiger partial charge in [0.25, 0.3) is 0 Å². The first-order valence-corrected chi connectivity index (χ1v) is 5.69. The lowest BCUT2D eigenvalue weighted by atomic mass is 10.2. The van der Waals surface area contributed by atoms with Crippen LogP contribution in [0, 0.1) is 6.92 Å². The van der Waals surface area contributed by atoms with Crippen molar-refractivity contribution in [2.75, 3.05) is 0 Å². The predicted octanol–water partition coefficient (Wildman–Crippen LogP) is 3.93. The van der Waals surface area contributed by atoms with Crippen molar-refractivity contribution in [3.05, 3.63) is 39.4 Å². The van der Waals surface area contributed by atoms with Gasteiger partial charge in [-0.2, -0.15) is 15.0 Å². The summed E-state index contributed by atoms with van der Waals surface area (Å²) in [6, 6.07) is 5.22. The highest BCUT2D eigenvalue weighted by Crippen LogP contribution is 2.26. The Bertz CT molecular complexity index is 542. The van der Waals surface area contributed by atoms with Crippen molar-refractivity contribution in [2.24, 2.45) is 0 Å². The molecule has 0 N–H and O–H groups in total. The van der Waals surface area contributed by atoms with Crippen LogP contribution >= 0.6 is 34.8 Å². The average Bonchev–Trinajstić information content (AvgIpc) is 2.21. The monoisotopic (exact) mass is 289 g/mol. The molecule has 0 fully saturated rings. The van der Waals surface area contributed by atoms with E-state index < -0.39 is 0 Å². The molecule has 0 unspecified atom stereocenters. The minimum Gasteiger partial charge on any atom is -0.424 e. The van der Waals surface area contributed by atoms with Crippen molar-refractivity contribution in [3.8, 4) is 11.8 Å². The van der Waals surface area contributed by atoms with Gasteiger partial charge >= 0.3 is 6.01 Å². The minimum atomic E-state index is -0.0217. The Balaban J connectivity index is 2.31. The fraction of sp³-hybridized carbons (Fsp3) is 0.100. The smallest absolute Gasteiger partial charge is 0.327 e. The summed E-state index contributed by atoms with van der Waals surface area (Å²) in [6.07, 6.45) is 0. The Kier molecular flexibility index (Phi) is 3.66. The van der Waals surface area contributed by atoms with Crippen LogP contribution in [0.2, 0.25) is 15.6 Å². The molecule has 2 aromatic rings. The maximum absolute atomic E-state index is 5.83. The van der Waals surface area contributed by atoms with Crippen LogP contribution in [0.15, 0.2) is 18.2 Å². The summed E-state index contributed by atoms with van der Waals surface area (Å²) in [7, 11) is 0. The zero-order valence-electron chi connectivity index (χ0n) is 8.62. The van der Waals surface area contributed by atoms with Gasteiger partial charge in [0.2, 0.25) is 10.6 Å². The number of rotatable bonds is 2. The third-order valence-corrected chi connectivity index (χ3v) is 2.47. The summed E-state index contributed by atoms with van der Waals surface area (Å²) in [6.45, 7) is 1.85. The van der Waals surface area contributed by atoms with Crippen molar-refractivity contribution in [1.29, 1.82) is 0 Å². The van der Waals surface area contributed by atoms with Gasteiger partial charge in [-0.3, -0.25) is 0 Å². The van der Waals surface area contributed by atoms with Gasteiger partial charge < -0.3 is 4.74 Å². The lowest BCUT2D eigenvalue weighted by Gasteiger charge is -2.07. The number of benzene rings is 1. The standard InChI is InChI=1S/C10H6Cl3N3O/c1-5-4-6(11)2-3-7(5)17-10-15-8(12)14-9(13)16-10/h2-4H,1H3. The van der Waals surface area contributed by atoms with Gasteiger partial charge in [0.15, 0.2) is 0 Å². The third-order valence-electron chi connectivity index (χ3n) is 1.90. The lowest BCUT2D eigenvalue weighted by Crippen LogP contribution is -1.96. The van der Waals surface area contributed by atoms with Crippen LogP contribution in [-0.4, -0.2) is 15.0 Å². The number of nitrogens with zero attached hydrogens (tertiary/aromatic N) is 3. The highest BCUT2D eigenvalue weighted by Gasteiger charge is 2.07. The lowest BCUT2D eigenvalue weighted by molar-refractivity contribution is 0.436. The Morgan fingerprint density at radius 3 is 2.24 bits per heavy atom. The second-order valence-electron chi connectivity index (χ2n) is 3.17. The minimum absolute atomic E-state index is 0.0217. The first-order valence-electron chi connectivity index (χ1n) is 4.55. The second kappa shape index (κ2) is 5.04. The fourth-order valence-corrected chi connectivity index (χ4v) is 1.75. The maximum Gasteiger partial charge on any atom is 0.327 e. The van der Waals surface area contributed by atoms with Crippen LogP contribution < -0.4 is 4.74 Å². The van der Waals surface area contributed by atoms with E-state index in [4.69, 9.17) is 39.5 Å². The van der Waals surface area contributed by atoms with E-state index in [0.29, 0.717) is 10.8 Å². The average molecular weight is 291 g/mol. The van der Waals surface area contributed by atoms with Crippen LogP contribution in [-0.2, 0) is 0 Å². The molecule has 2 rings (SSSR count). The van der Waals surface area contributed by atoms with Crippen molar-refractivity contribution >= 4 is 34.8 Å². The van der Waals surface area contributed by atoms with E-state index in [9.17, 15) is 0 Å². The Morgan fingerprint density at radius 1 is 1.00 bits per heavy atom. The van der Waals surface area contributed by atoms with Crippen LogP contribution in [0.4, 0.5) is 0 Å². The number of aromatic nitrogens is 3. The molecule has 17 heavy (non-hydrogen) atoms. The summed E-state index contributed by atoms with van der Waals surface area (Å²) in [5.41, 5.74) is 0.852. The van der Waals surface area contributed by atoms with E-state index in [1.807, 2.05) is 6.92 Å². The van der Waals surface area contributed by atoms with E-state index in [0.717, 1.165) is 5.56 Å². The molecule has 0 atom stereocenters. The van der Waals surface area contributed by atoms with Gasteiger partial charge in [0, 0.05) is 5.02 Å². The highest BCUT2D eigenvalue weighted by atomic mass is 35.5. The van der Waals surface area contributed by atoms with Crippen LogP contribution in [0.3, 0.4) is 0 Å².